The fourth-order valence-electron chi connectivity index (χ4n) is 3.59. The zero-order valence-electron chi connectivity index (χ0n) is 13.5. The molecule has 2 fully saturated rings. The van der Waals surface area contributed by atoms with Crippen molar-refractivity contribution < 1.29 is 9.59 Å². The lowest BCUT2D eigenvalue weighted by Gasteiger charge is -2.44. The summed E-state index contributed by atoms with van der Waals surface area (Å²) in [7, 11) is 0. The van der Waals surface area contributed by atoms with Gasteiger partial charge < -0.3 is 10.6 Å². The van der Waals surface area contributed by atoms with Gasteiger partial charge in [0.25, 0.3) is 0 Å². The van der Waals surface area contributed by atoms with Crippen LogP contribution in [-0.4, -0.2) is 51.0 Å². The van der Waals surface area contributed by atoms with Crippen LogP contribution in [0.1, 0.15) is 38.5 Å². The number of nitrogens with zero attached hydrogens (tertiary/aromatic N) is 3. The number of hydrogen-bond acceptors (Lipinski definition) is 7. The summed E-state index contributed by atoms with van der Waals surface area (Å²) in [5.74, 6) is 1.18. The van der Waals surface area contributed by atoms with E-state index in [-0.39, 0.29) is 17.6 Å². The SMILES string of the molecule is NC(=O)CSc1nnc(SCC(=O)N2CCC[C@@H]3CCCC[C@@H]32)s1. The number of primary amides is 1. The highest BCUT2D eigenvalue weighted by atomic mass is 32.2. The van der Waals surface area contributed by atoms with Gasteiger partial charge in [0.15, 0.2) is 8.68 Å². The van der Waals surface area contributed by atoms with Crippen LogP contribution in [0.4, 0.5) is 0 Å². The van der Waals surface area contributed by atoms with Crippen LogP contribution < -0.4 is 5.73 Å². The van der Waals surface area contributed by atoms with Crippen molar-refractivity contribution >= 4 is 46.7 Å². The van der Waals surface area contributed by atoms with Gasteiger partial charge in [-0.1, -0.05) is 47.7 Å². The Bertz CT molecular complexity index is 593. The Balaban J connectivity index is 1.50. The van der Waals surface area contributed by atoms with Crippen molar-refractivity contribution in [2.75, 3.05) is 18.1 Å². The minimum Gasteiger partial charge on any atom is -0.369 e. The first-order valence-corrected chi connectivity index (χ1v) is 11.1. The summed E-state index contributed by atoms with van der Waals surface area (Å²) in [5, 5.41) is 8.10. The molecule has 6 nitrogen and oxygen atoms in total. The molecule has 1 saturated heterocycles. The van der Waals surface area contributed by atoms with Crippen LogP contribution >= 0.6 is 34.9 Å². The van der Waals surface area contributed by atoms with E-state index in [1.165, 1.54) is 60.5 Å². The van der Waals surface area contributed by atoms with Gasteiger partial charge in [0.1, 0.15) is 0 Å². The first kappa shape index (κ1) is 18.0. The van der Waals surface area contributed by atoms with Gasteiger partial charge in [-0.3, -0.25) is 9.59 Å². The molecule has 2 amide bonds. The number of amides is 2. The molecule has 9 heteroatoms. The standard InChI is InChI=1S/C15H22N4O2S3/c16-12(20)8-22-14-17-18-15(24-14)23-9-13(21)19-7-3-5-10-4-1-2-6-11(10)19/h10-11H,1-9H2,(H2,16,20)/t10-,11-/m0/s1. The summed E-state index contributed by atoms with van der Waals surface area (Å²) in [4.78, 5) is 25.5. The lowest BCUT2D eigenvalue weighted by atomic mass is 9.78. The highest BCUT2D eigenvalue weighted by Crippen LogP contribution is 2.36. The largest absolute Gasteiger partial charge is 0.369 e. The number of aromatic nitrogens is 2. The number of fused-ring (bicyclic) bond motifs is 1. The van der Waals surface area contributed by atoms with Gasteiger partial charge in [-0.15, -0.1) is 10.2 Å². The Morgan fingerprint density at radius 1 is 1.08 bits per heavy atom. The fraction of sp³-hybridized carbons (Fsp3) is 0.733. The van der Waals surface area contributed by atoms with E-state index in [0.717, 1.165) is 23.7 Å². The average molecular weight is 387 g/mol. The van der Waals surface area contributed by atoms with Crippen LogP contribution in [0, 0.1) is 5.92 Å². The number of nitrogens with two attached hydrogens (primary N) is 1. The first-order valence-electron chi connectivity index (χ1n) is 8.30. The molecule has 132 valence electrons. The molecule has 0 unspecified atom stereocenters. The third kappa shape index (κ3) is 4.64. The Morgan fingerprint density at radius 2 is 1.75 bits per heavy atom. The highest BCUT2D eigenvalue weighted by molar-refractivity contribution is 8.03. The first-order chi connectivity index (χ1) is 11.6. The van der Waals surface area contributed by atoms with E-state index in [4.69, 9.17) is 5.73 Å². The topological polar surface area (TPSA) is 89.2 Å². The van der Waals surface area contributed by atoms with E-state index < -0.39 is 0 Å². The summed E-state index contributed by atoms with van der Waals surface area (Å²) < 4.78 is 1.49. The van der Waals surface area contributed by atoms with Crippen LogP contribution in [0.5, 0.6) is 0 Å². The molecule has 1 saturated carbocycles. The third-order valence-electron chi connectivity index (χ3n) is 4.61. The maximum absolute atomic E-state index is 12.6. The quantitative estimate of drug-likeness (QED) is 0.755. The van der Waals surface area contributed by atoms with E-state index in [2.05, 4.69) is 15.1 Å². The molecule has 0 spiro atoms. The molecule has 2 N–H and O–H groups in total. The smallest absolute Gasteiger partial charge is 0.233 e. The molecule has 1 aliphatic heterocycles. The summed E-state index contributed by atoms with van der Waals surface area (Å²) in [6, 6.07) is 0.455. The van der Waals surface area contributed by atoms with Crippen molar-refractivity contribution in [1.82, 2.24) is 15.1 Å². The van der Waals surface area contributed by atoms with Crippen molar-refractivity contribution in [3.8, 4) is 0 Å². The molecule has 2 aliphatic rings. The summed E-state index contributed by atoms with van der Waals surface area (Å²) in [6.45, 7) is 0.899. The summed E-state index contributed by atoms with van der Waals surface area (Å²) >= 11 is 4.14. The van der Waals surface area contributed by atoms with E-state index >= 15 is 0 Å². The Morgan fingerprint density at radius 3 is 2.50 bits per heavy atom. The molecule has 24 heavy (non-hydrogen) atoms. The maximum atomic E-state index is 12.6. The van der Waals surface area contributed by atoms with Crippen molar-refractivity contribution in [2.24, 2.45) is 11.7 Å². The molecule has 0 radical (unpaired) electrons. The Hall–Kier alpha value is -0.800. The zero-order valence-corrected chi connectivity index (χ0v) is 15.9. The third-order valence-corrected chi connectivity index (χ3v) is 7.81. The molecular formula is C15H22N4O2S3. The van der Waals surface area contributed by atoms with Crippen LogP contribution in [0.3, 0.4) is 0 Å². The number of thioether (sulfide) groups is 2. The lowest BCUT2D eigenvalue weighted by molar-refractivity contribution is -0.134. The van der Waals surface area contributed by atoms with Crippen molar-refractivity contribution in [2.45, 2.75) is 53.2 Å². The molecule has 1 aromatic heterocycles. The summed E-state index contributed by atoms with van der Waals surface area (Å²) in [5.41, 5.74) is 5.12. The van der Waals surface area contributed by atoms with Gasteiger partial charge in [0.2, 0.25) is 11.8 Å². The predicted molar refractivity (Wildman–Crippen MR) is 97.2 cm³/mol. The van der Waals surface area contributed by atoms with E-state index in [1.54, 1.807) is 0 Å². The van der Waals surface area contributed by atoms with Gasteiger partial charge in [-0.25, -0.2) is 0 Å². The zero-order chi connectivity index (χ0) is 16.9. The molecule has 1 aromatic rings. The lowest BCUT2D eigenvalue weighted by Crippen LogP contribution is -2.50. The molecule has 0 aromatic carbocycles. The minimum absolute atomic E-state index is 0.203. The summed E-state index contributed by atoms with van der Waals surface area (Å²) in [6.07, 6.45) is 7.40. The molecule has 2 heterocycles. The number of piperidine rings is 1. The van der Waals surface area contributed by atoms with E-state index in [9.17, 15) is 9.59 Å². The van der Waals surface area contributed by atoms with Crippen molar-refractivity contribution in [1.29, 1.82) is 0 Å². The van der Waals surface area contributed by atoms with Gasteiger partial charge in [-0.2, -0.15) is 0 Å². The second-order valence-corrected chi connectivity index (χ2v) is 9.64. The van der Waals surface area contributed by atoms with Crippen LogP contribution in [-0.2, 0) is 9.59 Å². The van der Waals surface area contributed by atoms with Crippen LogP contribution in [0.15, 0.2) is 8.68 Å². The fourth-order valence-corrected chi connectivity index (χ4v) is 6.23. The molecule has 0 bridgehead atoms. The number of hydrogen-bond donors (Lipinski definition) is 1. The average Bonchev–Trinajstić information content (AvgIpc) is 3.05. The second kappa shape index (κ2) is 8.53. The maximum Gasteiger partial charge on any atom is 0.233 e. The van der Waals surface area contributed by atoms with Crippen molar-refractivity contribution in [3.05, 3.63) is 0 Å². The van der Waals surface area contributed by atoms with Gasteiger partial charge in [-0.05, 0) is 31.6 Å². The van der Waals surface area contributed by atoms with Crippen LogP contribution in [0.25, 0.3) is 0 Å². The normalized spacial score (nSPS) is 23.8. The minimum atomic E-state index is -0.369. The molecule has 3 rings (SSSR count). The predicted octanol–water partition coefficient (Wildman–Crippen LogP) is 2.39. The monoisotopic (exact) mass is 386 g/mol. The Labute approximate surface area is 154 Å². The van der Waals surface area contributed by atoms with Crippen molar-refractivity contribution in [3.63, 3.8) is 0 Å². The number of rotatable bonds is 6. The number of carbonyl (C=O) groups is 2. The highest BCUT2D eigenvalue weighted by Gasteiger charge is 2.35. The van der Waals surface area contributed by atoms with E-state index in [0.29, 0.717) is 22.1 Å². The molecule has 2 atom stereocenters. The number of likely N-dealkylation sites (tertiary alicyclic amines) is 1. The van der Waals surface area contributed by atoms with E-state index in [1.807, 2.05) is 0 Å². The Kier molecular flexibility index (Phi) is 6.40. The van der Waals surface area contributed by atoms with Gasteiger partial charge in [0.05, 0.1) is 11.5 Å². The van der Waals surface area contributed by atoms with Gasteiger partial charge >= 0.3 is 0 Å². The molecular weight excluding hydrogens is 364 g/mol. The van der Waals surface area contributed by atoms with Crippen LogP contribution in [0.2, 0.25) is 0 Å². The molecule has 1 aliphatic carbocycles. The number of carbonyl (C=O) groups excluding carboxylic acids is 2. The second-order valence-electron chi connectivity index (χ2n) is 6.22. The van der Waals surface area contributed by atoms with Gasteiger partial charge in [0, 0.05) is 12.6 Å².